The van der Waals surface area contributed by atoms with E-state index in [1.165, 1.54) is 12.1 Å². The van der Waals surface area contributed by atoms with Gasteiger partial charge < -0.3 is 9.64 Å². The van der Waals surface area contributed by atoms with Gasteiger partial charge in [-0.25, -0.2) is 13.1 Å². The van der Waals surface area contributed by atoms with Crippen LogP contribution in [0.2, 0.25) is 0 Å². The molecule has 1 heterocycles. The molecule has 0 spiro atoms. The van der Waals surface area contributed by atoms with Crippen molar-refractivity contribution in [2.45, 2.75) is 17.9 Å². The van der Waals surface area contributed by atoms with Crippen molar-refractivity contribution in [2.24, 2.45) is 0 Å². The molecule has 26 heavy (non-hydrogen) atoms. The lowest BCUT2D eigenvalue weighted by Crippen LogP contribution is -2.42. The van der Waals surface area contributed by atoms with Gasteiger partial charge in [-0.1, -0.05) is 43.3 Å². The van der Waals surface area contributed by atoms with Crippen LogP contribution in [-0.4, -0.2) is 45.5 Å². The zero-order valence-corrected chi connectivity index (χ0v) is 15.4. The summed E-state index contributed by atoms with van der Waals surface area (Å²) < 4.78 is 32.6. The number of morpholine rings is 1. The van der Waals surface area contributed by atoms with Gasteiger partial charge in [-0.05, 0) is 23.8 Å². The summed E-state index contributed by atoms with van der Waals surface area (Å²) in [4.78, 5) is 14.7. The van der Waals surface area contributed by atoms with Gasteiger partial charge in [0.05, 0.1) is 18.0 Å². The van der Waals surface area contributed by atoms with E-state index in [-0.39, 0.29) is 16.9 Å². The van der Waals surface area contributed by atoms with E-state index < -0.39 is 10.0 Å². The predicted molar refractivity (Wildman–Crippen MR) is 98.3 cm³/mol. The lowest BCUT2D eigenvalue weighted by Gasteiger charge is -2.33. The molecule has 1 atom stereocenters. The average Bonchev–Trinajstić information content (AvgIpc) is 2.68. The second-order valence-corrected chi connectivity index (χ2v) is 7.82. The second kappa shape index (κ2) is 7.99. The predicted octanol–water partition coefficient (Wildman–Crippen LogP) is 2.20. The number of nitrogens with one attached hydrogen (secondary N) is 1. The molecule has 3 rings (SSSR count). The molecule has 1 amide bonds. The van der Waals surface area contributed by atoms with Crippen LogP contribution in [0.15, 0.2) is 59.5 Å². The Labute approximate surface area is 153 Å². The Morgan fingerprint density at radius 2 is 1.96 bits per heavy atom. The molecule has 2 aromatic rings. The molecule has 1 N–H and O–H groups in total. The summed E-state index contributed by atoms with van der Waals surface area (Å²) in [6.07, 6.45) is -0.178. The summed E-state index contributed by atoms with van der Waals surface area (Å²) in [5, 5.41) is 0. The normalized spacial score (nSPS) is 17.9. The first kappa shape index (κ1) is 18.6. The molecule has 1 fully saturated rings. The highest BCUT2D eigenvalue weighted by molar-refractivity contribution is 7.89. The minimum Gasteiger partial charge on any atom is -0.370 e. The highest BCUT2D eigenvalue weighted by Gasteiger charge is 2.26. The molecule has 7 heteroatoms. The zero-order valence-electron chi connectivity index (χ0n) is 14.6. The molecular formula is C19H22N2O4S. The maximum atomic E-state index is 12.9. The van der Waals surface area contributed by atoms with E-state index in [1.54, 1.807) is 24.0 Å². The first-order chi connectivity index (χ1) is 12.5. The van der Waals surface area contributed by atoms with E-state index in [1.807, 2.05) is 30.3 Å². The number of carbonyl (C=O) groups is 1. The van der Waals surface area contributed by atoms with E-state index in [0.717, 1.165) is 5.56 Å². The number of amides is 1. The summed E-state index contributed by atoms with van der Waals surface area (Å²) in [7, 11) is -3.60. The first-order valence-corrected chi connectivity index (χ1v) is 10.0. The number of benzene rings is 2. The molecule has 0 saturated carbocycles. The molecule has 138 valence electrons. The Morgan fingerprint density at radius 3 is 2.69 bits per heavy atom. The quantitative estimate of drug-likeness (QED) is 0.871. The summed E-state index contributed by atoms with van der Waals surface area (Å²) in [5.74, 6) is -0.192. The van der Waals surface area contributed by atoms with Crippen LogP contribution in [0.25, 0.3) is 0 Å². The van der Waals surface area contributed by atoms with Crippen LogP contribution in [0.3, 0.4) is 0 Å². The largest absolute Gasteiger partial charge is 0.370 e. The van der Waals surface area contributed by atoms with Crippen molar-refractivity contribution in [1.29, 1.82) is 0 Å². The fraction of sp³-hybridized carbons (Fsp3) is 0.316. The van der Waals surface area contributed by atoms with E-state index in [9.17, 15) is 13.2 Å². The number of carbonyl (C=O) groups excluding carboxylic acids is 1. The van der Waals surface area contributed by atoms with Crippen LogP contribution in [0.5, 0.6) is 0 Å². The van der Waals surface area contributed by atoms with Crippen LogP contribution < -0.4 is 4.72 Å². The number of ether oxygens (including phenoxy) is 1. The summed E-state index contributed by atoms with van der Waals surface area (Å²) >= 11 is 0. The number of rotatable bonds is 5. The Balaban J connectivity index is 1.79. The zero-order chi connectivity index (χ0) is 18.6. The summed E-state index contributed by atoms with van der Waals surface area (Å²) in [6.45, 7) is 3.37. The van der Waals surface area contributed by atoms with Gasteiger partial charge >= 0.3 is 0 Å². The molecule has 0 aliphatic carbocycles. The Morgan fingerprint density at radius 1 is 1.19 bits per heavy atom. The van der Waals surface area contributed by atoms with Gasteiger partial charge in [0.2, 0.25) is 10.0 Å². The number of hydrogen-bond donors (Lipinski definition) is 1. The lowest BCUT2D eigenvalue weighted by molar-refractivity contribution is -0.0228. The molecule has 0 bridgehead atoms. The monoisotopic (exact) mass is 374 g/mol. The van der Waals surface area contributed by atoms with Gasteiger partial charge in [0, 0.05) is 18.7 Å². The van der Waals surface area contributed by atoms with E-state index >= 15 is 0 Å². The molecule has 6 nitrogen and oxygen atoms in total. The van der Waals surface area contributed by atoms with Crippen molar-refractivity contribution in [2.75, 3.05) is 26.2 Å². The fourth-order valence-corrected chi connectivity index (χ4v) is 4.04. The molecule has 1 saturated heterocycles. The third-order valence-corrected chi connectivity index (χ3v) is 5.79. The van der Waals surface area contributed by atoms with E-state index in [4.69, 9.17) is 4.74 Å². The Kier molecular flexibility index (Phi) is 5.70. The summed E-state index contributed by atoms with van der Waals surface area (Å²) in [6, 6.07) is 15.9. The fourth-order valence-electron chi connectivity index (χ4n) is 2.96. The van der Waals surface area contributed by atoms with Crippen LogP contribution >= 0.6 is 0 Å². The molecular weight excluding hydrogens is 352 g/mol. The first-order valence-electron chi connectivity index (χ1n) is 8.57. The van der Waals surface area contributed by atoms with E-state index in [2.05, 4.69) is 4.72 Å². The molecule has 2 aromatic carbocycles. The van der Waals surface area contributed by atoms with Crippen LogP contribution in [-0.2, 0) is 14.8 Å². The van der Waals surface area contributed by atoms with Gasteiger partial charge in [0.25, 0.3) is 5.91 Å². The highest BCUT2D eigenvalue weighted by atomic mass is 32.2. The molecule has 0 radical (unpaired) electrons. The van der Waals surface area contributed by atoms with Crippen LogP contribution in [0.1, 0.15) is 28.9 Å². The Hall–Kier alpha value is -2.22. The maximum Gasteiger partial charge on any atom is 0.254 e. The van der Waals surface area contributed by atoms with Gasteiger partial charge in [-0.3, -0.25) is 4.79 Å². The topological polar surface area (TPSA) is 75.7 Å². The van der Waals surface area contributed by atoms with Crippen molar-refractivity contribution in [3.8, 4) is 0 Å². The van der Waals surface area contributed by atoms with E-state index in [0.29, 0.717) is 31.8 Å². The van der Waals surface area contributed by atoms with Crippen molar-refractivity contribution >= 4 is 15.9 Å². The second-order valence-electron chi connectivity index (χ2n) is 6.05. The van der Waals surface area contributed by atoms with Crippen LogP contribution in [0.4, 0.5) is 0 Å². The third kappa shape index (κ3) is 4.12. The standard InChI is InChI=1S/C19H22N2O4S/c1-2-20-26(23,24)17-10-6-9-16(13-17)19(22)21-11-12-25-18(14-21)15-7-4-3-5-8-15/h3-10,13,18,20H,2,11-12,14H2,1H3. The number of sulfonamides is 1. The van der Waals surface area contributed by atoms with Crippen molar-refractivity contribution in [1.82, 2.24) is 9.62 Å². The number of nitrogens with zero attached hydrogens (tertiary/aromatic N) is 1. The Bertz CT molecular complexity index is 868. The van der Waals surface area contributed by atoms with Gasteiger partial charge in [-0.15, -0.1) is 0 Å². The molecule has 0 aromatic heterocycles. The molecule has 1 aliphatic heterocycles. The van der Waals surface area contributed by atoms with Crippen molar-refractivity contribution < 1.29 is 17.9 Å². The third-order valence-electron chi connectivity index (χ3n) is 4.25. The summed E-state index contributed by atoms with van der Waals surface area (Å²) in [5.41, 5.74) is 1.38. The van der Waals surface area contributed by atoms with Crippen molar-refractivity contribution in [3.05, 3.63) is 65.7 Å². The lowest BCUT2D eigenvalue weighted by atomic mass is 10.1. The number of hydrogen-bond acceptors (Lipinski definition) is 4. The van der Waals surface area contributed by atoms with Crippen LogP contribution in [0, 0.1) is 0 Å². The highest BCUT2D eigenvalue weighted by Crippen LogP contribution is 2.23. The maximum absolute atomic E-state index is 12.9. The molecule has 1 unspecified atom stereocenters. The average molecular weight is 374 g/mol. The van der Waals surface area contributed by atoms with Gasteiger partial charge in [0.15, 0.2) is 0 Å². The SMILES string of the molecule is CCNS(=O)(=O)c1cccc(C(=O)N2CCOC(c3ccccc3)C2)c1. The minimum absolute atomic E-state index is 0.0954. The smallest absolute Gasteiger partial charge is 0.254 e. The van der Waals surface area contributed by atoms with Crippen molar-refractivity contribution in [3.63, 3.8) is 0 Å². The molecule has 1 aliphatic rings. The minimum atomic E-state index is -3.60. The van der Waals surface area contributed by atoms with Gasteiger partial charge in [-0.2, -0.15) is 0 Å². The van der Waals surface area contributed by atoms with Gasteiger partial charge in [0.1, 0.15) is 6.10 Å².